The fourth-order valence-electron chi connectivity index (χ4n) is 1.80. The van der Waals surface area contributed by atoms with Crippen molar-refractivity contribution in [1.29, 1.82) is 0 Å². The summed E-state index contributed by atoms with van der Waals surface area (Å²) in [5.74, 6) is 1.18. The number of hydrogen-bond donors (Lipinski definition) is 1. The summed E-state index contributed by atoms with van der Waals surface area (Å²) in [4.78, 5) is 10.9. The zero-order chi connectivity index (χ0) is 14.4. The molecule has 0 spiro atoms. The minimum Gasteiger partial charge on any atom is -0.489 e. The first-order valence-corrected chi connectivity index (χ1v) is 7.02. The predicted octanol–water partition coefficient (Wildman–Crippen LogP) is 3.65. The number of rotatable bonds is 6. The Labute approximate surface area is 122 Å². The van der Waals surface area contributed by atoms with Gasteiger partial charge in [-0.1, -0.05) is 29.8 Å². The molecule has 106 valence electrons. The highest BCUT2D eigenvalue weighted by Crippen LogP contribution is 2.23. The number of hydrogen-bond acceptors (Lipinski definition) is 3. The molecule has 0 bridgehead atoms. The van der Waals surface area contributed by atoms with Crippen molar-refractivity contribution < 1.29 is 14.3 Å². The first-order chi connectivity index (χ1) is 8.88. The molecule has 0 aliphatic rings. The topological polar surface area (TPSA) is 61.6 Å². The van der Waals surface area contributed by atoms with Crippen LogP contribution >= 0.6 is 15.9 Å². The van der Waals surface area contributed by atoms with E-state index < -0.39 is 6.09 Å². The second kappa shape index (κ2) is 7.38. The molecule has 19 heavy (non-hydrogen) atoms. The van der Waals surface area contributed by atoms with Crippen LogP contribution in [0.3, 0.4) is 0 Å². The molecule has 0 aromatic heterocycles. The van der Waals surface area contributed by atoms with E-state index in [-0.39, 0.29) is 6.10 Å². The number of halogens is 1. The van der Waals surface area contributed by atoms with Gasteiger partial charge in [0.1, 0.15) is 18.5 Å². The highest BCUT2D eigenvalue weighted by molar-refractivity contribution is 9.10. The molecular formula is C14H20BrNO3. The Kier molecular flexibility index (Phi) is 6.15. The number of nitrogens with two attached hydrogens (primary N) is 1. The standard InChI is InChI=1S/C14H20BrNO3/c1-9(2)6-12(19-14(16)17)8-18-13-5-4-11(15)7-10(13)3/h4-5,7,9,12H,6,8H2,1-3H3,(H2,16,17). The summed E-state index contributed by atoms with van der Waals surface area (Å²) >= 11 is 3.40. The molecule has 1 atom stereocenters. The summed E-state index contributed by atoms with van der Waals surface area (Å²) in [6.07, 6.45) is -0.360. The number of primary amides is 1. The van der Waals surface area contributed by atoms with E-state index in [9.17, 15) is 4.79 Å². The quantitative estimate of drug-likeness (QED) is 0.866. The lowest BCUT2D eigenvalue weighted by atomic mass is 10.1. The van der Waals surface area contributed by atoms with Gasteiger partial charge in [0, 0.05) is 4.47 Å². The zero-order valence-electron chi connectivity index (χ0n) is 11.5. The molecule has 5 heteroatoms. The maximum Gasteiger partial charge on any atom is 0.404 e. The van der Waals surface area contributed by atoms with Crippen molar-refractivity contribution in [3.05, 3.63) is 28.2 Å². The number of ether oxygens (including phenoxy) is 2. The van der Waals surface area contributed by atoms with Gasteiger partial charge >= 0.3 is 6.09 Å². The Morgan fingerprint density at radius 3 is 2.63 bits per heavy atom. The molecule has 0 aliphatic heterocycles. The monoisotopic (exact) mass is 329 g/mol. The van der Waals surface area contributed by atoms with Gasteiger partial charge in [-0.15, -0.1) is 0 Å². The van der Waals surface area contributed by atoms with Crippen molar-refractivity contribution >= 4 is 22.0 Å². The van der Waals surface area contributed by atoms with Gasteiger partial charge in [-0.25, -0.2) is 4.79 Å². The lowest BCUT2D eigenvalue weighted by molar-refractivity contribution is 0.0589. The Bertz CT molecular complexity index is 435. The maximum absolute atomic E-state index is 10.9. The van der Waals surface area contributed by atoms with Gasteiger partial charge < -0.3 is 15.2 Å². The van der Waals surface area contributed by atoms with Crippen LogP contribution in [0.15, 0.2) is 22.7 Å². The van der Waals surface area contributed by atoms with Crippen LogP contribution in [-0.2, 0) is 4.74 Å². The summed E-state index contributed by atoms with van der Waals surface area (Å²) in [5, 5.41) is 0. The molecule has 2 N–H and O–H groups in total. The minimum absolute atomic E-state index is 0.309. The molecule has 1 unspecified atom stereocenters. The van der Waals surface area contributed by atoms with Gasteiger partial charge in [-0.3, -0.25) is 0 Å². The number of benzene rings is 1. The van der Waals surface area contributed by atoms with E-state index >= 15 is 0 Å². The van der Waals surface area contributed by atoms with Crippen LogP contribution in [0, 0.1) is 12.8 Å². The molecule has 4 nitrogen and oxygen atoms in total. The van der Waals surface area contributed by atoms with Gasteiger partial charge in [0.25, 0.3) is 0 Å². The van der Waals surface area contributed by atoms with Crippen LogP contribution in [0.2, 0.25) is 0 Å². The van der Waals surface area contributed by atoms with Crippen LogP contribution in [0.1, 0.15) is 25.8 Å². The predicted molar refractivity (Wildman–Crippen MR) is 78.3 cm³/mol. The Morgan fingerprint density at radius 1 is 1.42 bits per heavy atom. The van der Waals surface area contributed by atoms with Crippen LogP contribution in [0.25, 0.3) is 0 Å². The number of aryl methyl sites for hydroxylation is 1. The van der Waals surface area contributed by atoms with Crippen LogP contribution < -0.4 is 10.5 Å². The highest BCUT2D eigenvalue weighted by atomic mass is 79.9. The molecule has 1 amide bonds. The van der Waals surface area contributed by atoms with E-state index in [1.807, 2.05) is 25.1 Å². The average Bonchev–Trinajstić information content (AvgIpc) is 2.25. The third-order valence-electron chi connectivity index (χ3n) is 2.58. The van der Waals surface area contributed by atoms with Gasteiger partial charge in [0.05, 0.1) is 0 Å². The molecule has 0 saturated carbocycles. The SMILES string of the molecule is Cc1cc(Br)ccc1OCC(CC(C)C)OC(N)=O. The van der Waals surface area contributed by atoms with Crippen molar-refractivity contribution in [2.24, 2.45) is 11.7 Å². The van der Waals surface area contributed by atoms with E-state index in [1.54, 1.807) is 0 Å². The molecule has 0 heterocycles. The number of carbonyl (C=O) groups excluding carboxylic acids is 1. The molecular weight excluding hydrogens is 310 g/mol. The van der Waals surface area contributed by atoms with Crippen molar-refractivity contribution in [3.63, 3.8) is 0 Å². The Hall–Kier alpha value is -1.23. The minimum atomic E-state index is -0.762. The highest BCUT2D eigenvalue weighted by Gasteiger charge is 2.16. The molecule has 0 fully saturated rings. The molecule has 0 radical (unpaired) electrons. The molecule has 1 aromatic rings. The molecule has 1 aromatic carbocycles. The lowest BCUT2D eigenvalue weighted by Crippen LogP contribution is -2.29. The van der Waals surface area contributed by atoms with Gasteiger partial charge in [-0.2, -0.15) is 0 Å². The fraction of sp³-hybridized carbons (Fsp3) is 0.500. The van der Waals surface area contributed by atoms with Crippen LogP contribution in [-0.4, -0.2) is 18.8 Å². The molecule has 0 aliphatic carbocycles. The van der Waals surface area contributed by atoms with Crippen molar-refractivity contribution in [2.45, 2.75) is 33.3 Å². The van der Waals surface area contributed by atoms with E-state index in [4.69, 9.17) is 15.2 Å². The summed E-state index contributed by atoms with van der Waals surface area (Å²) in [6.45, 7) is 6.39. The summed E-state index contributed by atoms with van der Waals surface area (Å²) in [5.41, 5.74) is 6.09. The molecule has 1 rings (SSSR count). The second-order valence-electron chi connectivity index (χ2n) is 4.91. The largest absolute Gasteiger partial charge is 0.489 e. The average molecular weight is 330 g/mol. The maximum atomic E-state index is 10.9. The van der Waals surface area contributed by atoms with Crippen LogP contribution in [0.5, 0.6) is 5.75 Å². The normalized spacial score (nSPS) is 12.3. The van der Waals surface area contributed by atoms with Gasteiger partial charge in [0.15, 0.2) is 0 Å². The Morgan fingerprint density at radius 2 is 2.11 bits per heavy atom. The van der Waals surface area contributed by atoms with Crippen molar-refractivity contribution in [1.82, 2.24) is 0 Å². The van der Waals surface area contributed by atoms with E-state index in [2.05, 4.69) is 29.8 Å². The summed E-state index contributed by atoms with van der Waals surface area (Å²) < 4.78 is 11.8. The number of carbonyl (C=O) groups is 1. The zero-order valence-corrected chi connectivity index (χ0v) is 13.1. The lowest BCUT2D eigenvalue weighted by Gasteiger charge is -2.19. The smallest absolute Gasteiger partial charge is 0.404 e. The van der Waals surface area contributed by atoms with Crippen molar-refractivity contribution in [3.8, 4) is 5.75 Å². The summed E-state index contributed by atoms with van der Waals surface area (Å²) in [7, 11) is 0. The van der Waals surface area contributed by atoms with E-state index in [1.165, 1.54) is 0 Å². The van der Waals surface area contributed by atoms with E-state index in [0.717, 1.165) is 22.2 Å². The first kappa shape index (κ1) is 15.8. The Balaban J connectivity index is 2.61. The third kappa shape index (κ3) is 5.96. The van der Waals surface area contributed by atoms with Gasteiger partial charge in [-0.05, 0) is 43.0 Å². The number of amides is 1. The van der Waals surface area contributed by atoms with Gasteiger partial charge in [0.2, 0.25) is 0 Å². The van der Waals surface area contributed by atoms with Crippen LogP contribution in [0.4, 0.5) is 4.79 Å². The summed E-state index contributed by atoms with van der Waals surface area (Å²) in [6, 6.07) is 5.77. The molecule has 0 saturated heterocycles. The third-order valence-corrected chi connectivity index (χ3v) is 3.07. The second-order valence-corrected chi connectivity index (χ2v) is 5.82. The van der Waals surface area contributed by atoms with E-state index in [0.29, 0.717) is 12.5 Å². The fourth-order valence-corrected chi connectivity index (χ4v) is 2.27. The first-order valence-electron chi connectivity index (χ1n) is 6.23. The van der Waals surface area contributed by atoms with Crippen molar-refractivity contribution in [2.75, 3.05) is 6.61 Å².